The Balaban J connectivity index is 1.57. The summed E-state index contributed by atoms with van der Waals surface area (Å²) in [6.45, 7) is 4.50. The zero-order chi connectivity index (χ0) is 22.7. The van der Waals surface area contributed by atoms with Crippen LogP contribution in [0.5, 0.6) is 0 Å². The van der Waals surface area contributed by atoms with Gasteiger partial charge in [-0.15, -0.1) is 0 Å². The molecule has 162 valence electrons. The number of rotatable bonds is 7. The highest BCUT2D eigenvalue weighted by atomic mass is 35.5. The van der Waals surface area contributed by atoms with E-state index in [1.807, 2.05) is 6.92 Å². The van der Waals surface area contributed by atoms with Crippen LogP contribution in [0.2, 0.25) is 10.0 Å². The molecule has 8 nitrogen and oxygen atoms in total. The molecule has 0 aliphatic carbocycles. The number of Topliss-reactive ketones (excluding diaryl/α,β-unsaturated/α-hetero) is 1. The van der Waals surface area contributed by atoms with Crippen molar-refractivity contribution < 1.29 is 23.6 Å². The van der Waals surface area contributed by atoms with Crippen molar-refractivity contribution in [2.24, 2.45) is 0 Å². The SMILES string of the molecule is Cc1cc(-n2c(C)cc(C(=O)COC(=O)CNC(=O)c3ccc(Cl)cc3Cl)c2C)no1. The van der Waals surface area contributed by atoms with E-state index in [9.17, 15) is 14.4 Å². The van der Waals surface area contributed by atoms with E-state index in [1.54, 1.807) is 30.5 Å². The Labute approximate surface area is 188 Å². The predicted octanol–water partition coefficient (Wildman–Crippen LogP) is 3.85. The van der Waals surface area contributed by atoms with E-state index in [2.05, 4.69) is 10.5 Å². The zero-order valence-electron chi connectivity index (χ0n) is 17.0. The van der Waals surface area contributed by atoms with E-state index < -0.39 is 25.0 Å². The summed E-state index contributed by atoms with van der Waals surface area (Å²) in [6, 6.07) is 7.83. The maximum atomic E-state index is 12.6. The molecule has 0 saturated heterocycles. The van der Waals surface area contributed by atoms with Gasteiger partial charge < -0.3 is 14.6 Å². The summed E-state index contributed by atoms with van der Waals surface area (Å²) in [4.78, 5) is 36.7. The highest BCUT2D eigenvalue weighted by molar-refractivity contribution is 6.36. The van der Waals surface area contributed by atoms with E-state index >= 15 is 0 Å². The highest BCUT2D eigenvalue weighted by Gasteiger charge is 2.20. The van der Waals surface area contributed by atoms with Crippen LogP contribution in [0.3, 0.4) is 0 Å². The number of amides is 1. The van der Waals surface area contributed by atoms with E-state index in [-0.39, 0.29) is 16.4 Å². The van der Waals surface area contributed by atoms with Gasteiger partial charge >= 0.3 is 5.97 Å². The number of hydrogen-bond acceptors (Lipinski definition) is 6. The van der Waals surface area contributed by atoms with Crippen molar-refractivity contribution in [3.05, 3.63) is 68.7 Å². The molecule has 0 atom stereocenters. The van der Waals surface area contributed by atoms with Gasteiger partial charge in [-0.3, -0.25) is 19.0 Å². The summed E-state index contributed by atoms with van der Waals surface area (Å²) in [5.74, 6) is -0.484. The van der Waals surface area contributed by atoms with Gasteiger partial charge in [0, 0.05) is 28.0 Å². The summed E-state index contributed by atoms with van der Waals surface area (Å²) in [5.41, 5.74) is 2.01. The smallest absolute Gasteiger partial charge is 0.325 e. The van der Waals surface area contributed by atoms with Crippen molar-refractivity contribution in [1.82, 2.24) is 15.0 Å². The van der Waals surface area contributed by atoms with Crippen molar-refractivity contribution in [2.45, 2.75) is 20.8 Å². The number of halogens is 2. The van der Waals surface area contributed by atoms with E-state index in [0.717, 1.165) is 5.69 Å². The van der Waals surface area contributed by atoms with E-state index in [4.69, 9.17) is 32.5 Å². The van der Waals surface area contributed by atoms with Crippen LogP contribution in [0.1, 0.15) is 37.9 Å². The molecular formula is C21H19Cl2N3O5. The van der Waals surface area contributed by atoms with Crippen molar-refractivity contribution in [1.29, 1.82) is 0 Å². The number of aryl methyl sites for hydroxylation is 2. The molecule has 0 radical (unpaired) electrons. The number of nitrogens with zero attached hydrogens (tertiary/aromatic N) is 2. The van der Waals surface area contributed by atoms with Crippen LogP contribution in [0.4, 0.5) is 0 Å². The van der Waals surface area contributed by atoms with Crippen LogP contribution < -0.4 is 5.32 Å². The fourth-order valence-electron chi connectivity index (χ4n) is 3.05. The molecule has 3 rings (SSSR count). The second-order valence-electron chi connectivity index (χ2n) is 6.81. The van der Waals surface area contributed by atoms with Crippen molar-refractivity contribution in [2.75, 3.05) is 13.2 Å². The molecule has 0 aliphatic heterocycles. The van der Waals surface area contributed by atoms with Gasteiger partial charge in [0.15, 0.2) is 12.4 Å². The highest BCUT2D eigenvalue weighted by Crippen LogP contribution is 2.22. The van der Waals surface area contributed by atoms with Gasteiger partial charge in [0.25, 0.3) is 5.91 Å². The van der Waals surface area contributed by atoms with Crippen LogP contribution in [-0.2, 0) is 9.53 Å². The van der Waals surface area contributed by atoms with Gasteiger partial charge in [-0.1, -0.05) is 28.4 Å². The van der Waals surface area contributed by atoms with Crippen LogP contribution in [-0.4, -0.2) is 40.5 Å². The van der Waals surface area contributed by atoms with E-state index in [1.165, 1.54) is 18.2 Å². The minimum absolute atomic E-state index is 0.159. The Kier molecular flexibility index (Phi) is 6.82. The topological polar surface area (TPSA) is 103 Å². The minimum Gasteiger partial charge on any atom is -0.456 e. The molecule has 0 aliphatic rings. The van der Waals surface area contributed by atoms with Gasteiger partial charge in [0.05, 0.1) is 10.6 Å². The number of hydrogen-bond donors (Lipinski definition) is 1. The predicted molar refractivity (Wildman–Crippen MR) is 114 cm³/mol. The molecule has 0 saturated carbocycles. The van der Waals surface area contributed by atoms with Crippen LogP contribution in [0, 0.1) is 20.8 Å². The van der Waals surface area contributed by atoms with Gasteiger partial charge in [0.1, 0.15) is 12.3 Å². The van der Waals surface area contributed by atoms with Gasteiger partial charge in [-0.05, 0) is 45.0 Å². The zero-order valence-corrected chi connectivity index (χ0v) is 18.5. The number of aromatic nitrogens is 2. The Morgan fingerprint density at radius 2 is 1.84 bits per heavy atom. The fraction of sp³-hybridized carbons (Fsp3) is 0.238. The Morgan fingerprint density at radius 1 is 1.10 bits per heavy atom. The van der Waals surface area contributed by atoms with Crippen molar-refractivity contribution in [3.63, 3.8) is 0 Å². The molecule has 0 unspecified atom stereocenters. The molecule has 1 N–H and O–H groups in total. The third-order valence-electron chi connectivity index (χ3n) is 4.51. The first-order valence-corrected chi connectivity index (χ1v) is 9.97. The van der Waals surface area contributed by atoms with Gasteiger partial charge in [-0.25, -0.2) is 0 Å². The molecule has 2 aromatic heterocycles. The lowest BCUT2D eigenvalue weighted by molar-refractivity contribution is -0.141. The minimum atomic E-state index is -0.757. The average molecular weight is 464 g/mol. The van der Waals surface area contributed by atoms with E-state index in [0.29, 0.717) is 27.9 Å². The van der Waals surface area contributed by atoms with Crippen LogP contribution >= 0.6 is 23.2 Å². The number of benzene rings is 1. The molecule has 0 spiro atoms. The lowest BCUT2D eigenvalue weighted by Crippen LogP contribution is -2.31. The first kappa shape index (κ1) is 22.6. The van der Waals surface area contributed by atoms with Crippen molar-refractivity contribution in [3.8, 4) is 5.82 Å². The molecule has 31 heavy (non-hydrogen) atoms. The molecule has 0 bridgehead atoms. The Bertz CT molecular complexity index is 1170. The molecular weight excluding hydrogens is 445 g/mol. The molecule has 1 amide bonds. The number of esters is 1. The summed E-state index contributed by atoms with van der Waals surface area (Å²) in [6.07, 6.45) is 0. The standard InChI is InChI=1S/C21H19Cl2N3O5/c1-11-6-16(13(3)26(11)19-7-12(2)31-25-19)18(27)10-30-20(28)9-24-21(29)15-5-4-14(22)8-17(15)23/h4-8H,9-10H2,1-3H3,(H,24,29). The molecule has 10 heteroatoms. The third kappa shape index (κ3) is 5.15. The Hall–Kier alpha value is -3.10. The fourth-order valence-corrected chi connectivity index (χ4v) is 3.55. The maximum absolute atomic E-state index is 12.6. The Morgan fingerprint density at radius 3 is 2.48 bits per heavy atom. The second kappa shape index (κ2) is 9.36. The molecule has 3 aromatic rings. The second-order valence-corrected chi connectivity index (χ2v) is 7.65. The van der Waals surface area contributed by atoms with Crippen molar-refractivity contribution >= 4 is 40.9 Å². The van der Waals surface area contributed by atoms with Crippen LogP contribution in [0.25, 0.3) is 5.82 Å². The van der Waals surface area contributed by atoms with Crippen LogP contribution in [0.15, 0.2) is 34.9 Å². The largest absolute Gasteiger partial charge is 0.456 e. The lowest BCUT2D eigenvalue weighted by atomic mass is 10.1. The van der Waals surface area contributed by atoms with Gasteiger partial charge in [-0.2, -0.15) is 0 Å². The lowest BCUT2D eigenvalue weighted by Gasteiger charge is -2.08. The molecule has 1 aromatic carbocycles. The normalized spacial score (nSPS) is 10.7. The summed E-state index contributed by atoms with van der Waals surface area (Å²) >= 11 is 11.8. The summed E-state index contributed by atoms with van der Waals surface area (Å²) < 4.78 is 11.9. The monoisotopic (exact) mass is 463 g/mol. The first-order chi connectivity index (χ1) is 14.7. The number of nitrogens with one attached hydrogen (secondary N) is 1. The molecule has 2 heterocycles. The maximum Gasteiger partial charge on any atom is 0.325 e. The quantitative estimate of drug-likeness (QED) is 0.421. The van der Waals surface area contributed by atoms with Gasteiger partial charge in [0.2, 0.25) is 5.78 Å². The number of carbonyl (C=O) groups is 3. The first-order valence-electron chi connectivity index (χ1n) is 9.22. The molecule has 0 fully saturated rings. The number of ketones is 1. The summed E-state index contributed by atoms with van der Waals surface area (Å²) in [7, 11) is 0. The summed E-state index contributed by atoms with van der Waals surface area (Å²) in [5, 5.41) is 6.91. The number of carbonyl (C=O) groups excluding carboxylic acids is 3. The number of ether oxygens (including phenoxy) is 1. The third-order valence-corrected chi connectivity index (χ3v) is 5.06. The average Bonchev–Trinajstić information content (AvgIpc) is 3.26.